The van der Waals surface area contributed by atoms with Gasteiger partial charge in [0.2, 0.25) is 0 Å². The first-order valence-electron chi connectivity index (χ1n) is 6.84. The first-order valence-corrected chi connectivity index (χ1v) is 6.84. The van der Waals surface area contributed by atoms with Crippen molar-refractivity contribution in [2.24, 2.45) is 0 Å². The Kier molecular flexibility index (Phi) is 8.50. The molecule has 1 unspecified atom stereocenters. The molecule has 1 atom stereocenters. The molecule has 7 heteroatoms. The Hall–Kier alpha value is -1.57. The molecular weight excluding hydrogens is 273 g/mol. The number of benzene rings is 1. The van der Waals surface area contributed by atoms with Crippen molar-refractivity contribution in [2.75, 3.05) is 20.3 Å². The fraction of sp³-hybridized carbons (Fsp3) is 0.500. The molecule has 0 heterocycles. The predicted octanol–water partition coefficient (Wildman–Crippen LogP) is 1.12. The maximum absolute atomic E-state index is 10.4. The van der Waals surface area contributed by atoms with E-state index in [0.29, 0.717) is 31.7 Å². The number of carbonyl (C=O) groups is 1. The number of rotatable bonds is 11. The number of ether oxygens (including phenoxy) is 1. The molecule has 1 radical (unpaired) electrons. The van der Waals surface area contributed by atoms with Gasteiger partial charge < -0.3 is 24.8 Å². The van der Waals surface area contributed by atoms with Gasteiger partial charge in [-0.25, -0.2) is 0 Å². The molecule has 115 valence electrons. The van der Waals surface area contributed by atoms with E-state index in [9.17, 15) is 9.90 Å². The zero-order valence-corrected chi connectivity index (χ0v) is 12.1. The molecular formula is C14H21BNO5. The molecule has 0 aliphatic carbocycles. The normalized spacial score (nSPS) is 11.9. The van der Waals surface area contributed by atoms with Crippen molar-refractivity contribution < 1.29 is 24.4 Å². The SMILES string of the molecule is CO[B]NCCC(O)c1cccc(OCCCC(=O)O)c1. The van der Waals surface area contributed by atoms with E-state index in [2.05, 4.69) is 5.23 Å². The van der Waals surface area contributed by atoms with E-state index in [4.69, 9.17) is 14.5 Å². The highest BCUT2D eigenvalue weighted by Crippen LogP contribution is 2.21. The number of aliphatic carboxylic acids is 1. The second kappa shape index (κ2) is 10.2. The molecule has 0 bridgehead atoms. The number of nitrogens with one attached hydrogen (secondary N) is 1. The van der Waals surface area contributed by atoms with Crippen LogP contribution in [0.25, 0.3) is 0 Å². The van der Waals surface area contributed by atoms with Crippen LogP contribution in [0.4, 0.5) is 0 Å². The van der Waals surface area contributed by atoms with Gasteiger partial charge in [-0.3, -0.25) is 4.79 Å². The lowest BCUT2D eigenvalue weighted by Gasteiger charge is -2.13. The summed E-state index contributed by atoms with van der Waals surface area (Å²) >= 11 is 0. The first-order chi connectivity index (χ1) is 10.1. The van der Waals surface area contributed by atoms with Crippen LogP contribution in [-0.2, 0) is 9.45 Å². The summed E-state index contributed by atoms with van der Waals surface area (Å²) in [5, 5.41) is 21.5. The second-order valence-corrected chi connectivity index (χ2v) is 4.53. The van der Waals surface area contributed by atoms with Gasteiger partial charge in [-0.1, -0.05) is 12.1 Å². The van der Waals surface area contributed by atoms with Crippen molar-refractivity contribution in [3.63, 3.8) is 0 Å². The Labute approximate surface area is 125 Å². The van der Waals surface area contributed by atoms with Gasteiger partial charge in [0.25, 0.3) is 0 Å². The van der Waals surface area contributed by atoms with Crippen molar-refractivity contribution in [3.05, 3.63) is 29.8 Å². The van der Waals surface area contributed by atoms with Gasteiger partial charge in [0.05, 0.1) is 12.7 Å². The summed E-state index contributed by atoms with van der Waals surface area (Å²) in [6.07, 6.45) is 0.496. The minimum atomic E-state index is -0.830. The van der Waals surface area contributed by atoms with Crippen molar-refractivity contribution in [2.45, 2.75) is 25.4 Å². The van der Waals surface area contributed by atoms with E-state index in [1.165, 1.54) is 7.62 Å². The van der Waals surface area contributed by atoms with Crippen molar-refractivity contribution >= 4 is 13.6 Å². The Balaban J connectivity index is 2.38. The fourth-order valence-corrected chi connectivity index (χ4v) is 1.75. The van der Waals surface area contributed by atoms with Crippen LogP contribution in [0.2, 0.25) is 0 Å². The number of carboxylic acids is 1. The molecule has 0 aliphatic heterocycles. The van der Waals surface area contributed by atoms with Crippen LogP contribution < -0.4 is 9.96 Å². The minimum absolute atomic E-state index is 0.0873. The van der Waals surface area contributed by atoms with E-state index >= 15 is 0 Å². The lowest BCUT2D eigenvalue weighted by molar-refractivity contribution is -0.137. The third-order valence-corrected chi connectivity index (χ3v) is 2.81. The van der Waals surface area contributed by atoms with Crippen molar-refractivity contribution in [1.82, 2.24) is 5.23 Å². The molecule has 1 aromatic carbocycles. The number of aliphatic hydroxyl groups is 1. The van der Waals surface area contributed by atoms with Gasteiger partial charge >= 0.3 is 13.6 Å². The van der Waals surface area contributed by atoms with Gasteiger partial charge in [-0.15, -0.1) is 0 Å². The van der Waals surface area contributed by atoms with E-state index in [1.54, 1.807) is 25.3 Å². The predicted molar refractivity (Wildman–Crippen MR) is 79.1 cm³/mol. The summed E-state index contributed by atoms with van der Waals surface area (Å²) in [7, 11) is 3.02. The Bertz CT molecular complexity index is 430. The lowest BCUT2D eigenvalue weighted by Crippen LogP contribution is -2.23. The molecule has 0 saturated heterocycles. The van der Waals surface area contributed by atoms with E-state index < -0.39 is 12.1 Å². The molecule has 1 aromatic rings. The topological polar surface area (TPSA) is 88.0 Å². The first kappa shape index (κ1) is 17.5. The second-order valence-electron chi connectivity index (χ2n) is 4.53. The quantitative estimate of drug-likeness (QED) is 0.419. The maximum atomic E-state index is 10.4. The molecule has 6 nitrogen and oxygen atoms in total. The average molecular weight is 294 g/mol. The third-order valence-electron chi connectivity index (χ3n) is 2.81. The maximum Gasteiger partial charge on any atom is 0.395 e. The molecule has 21 heavy (non-hydrogen) atoms. The Morgan fingerprint density at radius 2 is 2.29 bits per heavy atom. The molecule has 0 amide bonds. The van der Waals surface area contributed by atoms with Gasteiger partial charge in [-0.2, -0.15) is 0 Å². The smallest absolute Gasteiger partial charge is 0.395 e. The molecule has 0 saturated carbocycles. The fourth-order valence-electron chi connectivity index (χ4n) is 1.75. The van der Waals surface area contributed by atoms with Gasteiger partial charge in [-0.05, 0) is 37.1 Å². The van der Waals surface area contributed by atoms with Crippen LogP contribution in [0.5, 0.6) is 5.75 Å². The van der Waals surface area contributed by atoms with Gasteiger partial charge in [0, 0.05) is 13.5 Å². The summed E-state index contributed by atoms with van der Waals surface area (Å²) in [6.45, 7) is 0.939. The van der Waals surface area contributed by atoms with Crippen LogP contribution in [-0.4, -0.2) is 44.1 Å². The molecule has 0 fully saturated rings. The molecule has 1 rings (SSSR count). The number of aliphatic hydroxyl groups excluding tert-OH is 1. The van der Waals surface area contributed by atoms with Crippen molar-refractivity contribution in [1.29, 1.82) is 0 Å². The van der Waals surface area contributed by atoms with Crippen LogP contribution in [0.1, 0.15) is 30.9 Å². The molecule has 3 N–H and O–H groups in total. The summed E-state index contributed by atoms with van der Waals surface area (Å²) in [5.41, 5.74) is 0.768. The molecule has 0 aliphatic rings. The number of carboxylic acid groups (broad SMARTS) is 1. The Morgan fingerprint density at radius 1 is 1.48 bits per heavy atom. The van der Waals surface area contributed by atoms with E-state index in [1.807, 2.05) is 6.07 Å². The van der Waals surface area contributed by atoms with Crippen LogP contribution in [0.3, 0.4) is 0 Å². The summed E-state index contributed by atoms with van der Waals surface area (Å²) < 4.78 is 10.2. The number of hydrogen-bond acceptors (Lipinski definition) is 5. The highest BCUT2D eigenvalue weighted by molar-refractivity contribution is 6.23. The van der Waals surface area contributed by atoms with Crippen LogP contribution >= 0.6 is 0 Å². The standard InChI is InChI=1S/C14H21BNO5/c1-20-15-16-8-7-13(17)11-4-2-5-12(10-11)21-9-3-6-14(18)19/h2,4-5,10,13,16-17H,3,6-9H2,1H3,(H,18,19). The summed E-state index contributed by atoms with van der Waals surface area (Å²) in [4.78, 5) is 10.4. The Morgan fingerprint density at radius 3 is 3.00 bits per heavy atom. The van der Waals surface area contributed by atoms with Crippen molar-refractivity contribution in [3.8, 4) is 5.75 Å². The zero-order valence-electron chi connectivity index (χ0n) is 12.1. The zero-order chi connectivity index (χ0) is 15.5. The van der Waals surface area contributed by atoms with E-state index in [0.717, 1.165) is 5.56 Å². The average Bonchev–Trinajstić information content (AvgIpc) is 2.48. The molecule has 0 aromatic heterocycles. The van der Waals surface area contributed by atoms with Crippen LogP contribution in [0, 0.1) is 0 Å². The van der Waals surface area contributed by atoms with Gasteiger partial charge in [0.1, 0.15) is 5.75 Å². The number of hydrogen-bond donors (Lipinski definition) is 3. The minimum Gasteiger partial charge on any atom is -0.494 e. The van der Waals surface area contributed by atoms with Crippen LogP contribution in [0.15, 0.2) is 24.3 Å². The lowest BCUT2D eigenvalue weighted by atomic mass is 10.1. The third kappa shape index (κ3) is 7.70. The summed E-state index contributed by atoms with van der Waals surface area (Å²) in [5.74, 6) is -0.198. The molecule has 0 spiro atoms. The summed E-state index contributed by atoms with van der Waals surface area (Å²) in [6, 6.07) is 7.19. The highest BCUT2D eigenvalue weighted by atomic mass is 16.5. The largest absolute Gasteiger partial charge is 0.494 e. The van der Waals surface area contributed by atoms with Gasteiger partial charge in [0.15, 0.2) is 0 Å². The highest BCUT2D eigenvalue weighted by Gasteiger charge is 2.08. The van der Waals surface area contributed by atoms with E-state index in [-0.39, 0.29) is 6.42 Å². The monoisotopic (exact) mass is 294 g/mol.